The SMILES string of the molecule is CCCCCCCCCCCCCCCCCCCCCCCC1NC=CN1C(C)O. The molecule has 0 saturated heterocycles. The molecule has 3 nitrogen and oxygen atoms in total. The van der Waals surface area contributed by atoms with Crippen molar-refractivity contribution in [2.45, 2.75) is 167 Å². The van der Waals surface area contributed by atoms with Gasteiger partial charge in [-0.1, -0.05) is 135 Å². The molecule has 184 valence electrons. The highest BCUT2D eigenvalue weighted by molar-refractivity contribution is 4.94. The Morgan fingerprint density at radius 1 is 0.645 bits per heavy atom. The zero-order valence-corrected chi connectivity index (χ0v) is 21.3. The van der Waals surface area contributed by atoms with Crippen molar-refractivity contribution >= 4 is 0 Å². The molecule has 0 saturated carbocycles. The summed E-state index contributed by atoms with van der Waals surface area (Å²) in [5, 5.41) is 13.1. The topological polar surface area (TPSA) is 35.5 Å². The Labute approximate surface area is 195 Å². The largest absolute Gasteiger partial charge is 0.374 e. The van der Waals surface area contributed by atoms with E-state index in [0.29, 0.717) is 6.17 Å². The number of rotatable bonds is 23. The van der Waals surface area contributed by atoms with Gasteiger partial charge in [-0.2, -0.15) is 0 Å². The highest BCUT2D eigenvalue weighted by Crippen LogP contribution is 2.17. The van der Waals surface area contributed by atoms with Gasteiger partial charge in [0.25, 0.3) is 0 Å². The number of nitrogens with one attached hydrogen (secondary N) is 1. The molecule has 31 heavy (non-hydrogen) atoms. The highest BCUT2D eigenvalue weighted by atomic mass is 16.3. The van der Waals surface area contributed by atoms with Crippen molar-refractivity contribution in [1.29, 1.82) is 0 Å². The average Bonchev–Trinajstić information content (AvgIpc) is 3.24. The predicted octanol–water partition coefficient (Wildman–Crippen LogP) is 8.63. The minimum absolute atomic E-state index is 0.292. The second-order valence-electron chi connectivity index (χ2n) is 9.94. The predicted molar refractivity (Wildman–Crippen MR) is 137 cm³/mol. The first kappa shape index (κ1) is 28.3. The Kier molecular flexibility index (Phi) is 19.3. The standard InChI is InChI=1S/C28H56N2O/c1-3-4-5-6-7-8-9-10-11-12-13-14-15-16-17-18-19-20-21-22-23-24-28-29-25-26-30(28)27(2)31/h25-29,31H,3-24H2,1-2H3. The monoisotopic (exact) mass is 436 g/mol. The van der Waals surface area contributed by atoms with Crippen LogP contribution in [0.2, 0.25) is 0 Å². The van der Waals surface area contributed by atoms with Gasteiger partial charge in [0.05, 0.1) is 0 Å². The van der Waals surface area contributed by atoms with Crippen molar-refractivity contribution in [2.75, 3.05) is 0 Å². The summed E-state index contributed by atoms with van der Waals surface area (Å²) in [6, 6.07) is 0. The van der Waals surface area contributed by atoms with E-state index in [2.05, 4.69) is 12.2 Å². The normalized spacial score (nSPS) is 16.7. The Hall–Kier alpha value is -0.700. The van der Waals surface area contributed by atoms with E-state index < -0.39 is 6.23 Å². The molecule has 0 aliphatic carbocycles. The fraction of sp³-hybridized carbons (Fsp3) is 0.929. The van der Waals surface area contributed by atoms with Crippen LogP contribution in [0, 0.1) is 0 Å². The van der Waals surface area contributed by atoms with Crippen LogP contribution in [0.25, 0.3) is 0 Å². The van der Waals surface area contributed by atoms with E-state index in [1.54, 1.807) is 0 Å². The number of hydrogen-bond acceptors (Lipinski definition) is 3. The van der Waals surface area contributed by atoms with Crippen molar-refractivity contribution in [1.82, 2.24) is 10.2 Å². The van der Waals surface area contributed by atoms with Crippen LogP contribution in [0.5, 0.6) is 0 Å². The van der Waals surface area contributed by atoms with Gasteiger partial charge in [-0.05, 0) is 19.8 Å². The molecule has 3 heteroatoms. The molecule has 1 aliphatic rings. The lowest BCUT2D eigenvalue weighted by atomic mass is 10.0. The summed E-state index contributed by atoms with van der Waals surface area (Å²) >= 11 is 0. The number of aliphatic hydroxyl groups is 1. The molecule has 2 atom stereocenters. The molecule has 0 radical (unpaired) electrons. The molecular formula is C28H56N2O. The van der Waals surface area contributed by atoms with E-state index in [4.69, 9.17) is 0 Å². The lowest BCUT2D eigenvalue weighted by Crippen LogP contribution is -2.40. The summed E-state index contributed by atoms with van der Waals surface area (Å²) in [6.45, 7) is 4.13. The van der Waals surface area contributed by atoms with Gasteiger partial charge in [-0.3, -0.25) is 0 Å². The van der Waals surface area contributed by atoms with Gasteiger partial charge in [0.2, 0.25) is 0 Å². The molecular weight excluding hydrogens is 380 g/mol. The van der Waals surface area contributed by atoms with E-state index in [0.717, 1.165) is 6.42 Å². The van der Waals surface area contributed by atoms with E-state index in [9.17, 15) is 5.11 Å². The maximum Gasteiger partial charge on any atom is 0.125 e. The first-order valence-corrected chi connectivity index (χ1v) is 14.1. The summed E-state index contributed by atoms with van der Waals surface area (Å²) in [6.07, 6.45) is 35.0. The Bertz CT molecular complexity index is 396. The average molecular weight is 437 g/mol. The third kappa shape index (κ3) is 16.6. The smallest absolute Gasteiger partial charge is 0.125 e. The second-order valence-corrected chi connectivity index (χ2v) is 9.94. The lowest BCUT2D eigenvalue weighted by Gasteiger charge is -2.28. The summed E-state index contributed by atoms with van der Waals surface area (Å²) in [7, 11) is 0. The molecule has 0 fully saturated rings. The number of unbranched alkanes of at least 4 members (excludes halogenated alkanes) is 20. The highest BCUT2D eigenvalue weighted by Gasteiger charge is 2.20. The van der Waals surface area contributed by atoms with Gasteiger partial charge in [-0.15, -0.1) is 0 Å². The van der Waals surface area contributed by atoms with Crippen molar-refractivity contribution in [3.63, 3.8) is 0 Å². The van der Waals surface area contributed by atoms with E-state index >= 15 is 0 Å². The summed E-state index contributed by atoms with van der Waals surface area (Å²) in [5.74, 6) is 0. The first-order valence-electron chi connectivity index (χ1n) is 14.1. The van der Waals surface area contributed by atoms with Gasteiger partial charge >= 0.3 is 0 Å². The van der Waals surface area contributed by atoms with Crippen LogP contribution >= 0.6 is 0 Å². The summed E-state index contributed by atoms with van der Waals surface area (Å²) < 4.78 is 0. The molecule has 1 rings (SSSR count). The summed E-state index contributed by atoms with van der Waals surface area (Å²) in [5.41, 5.74) is 0. The molecule has 0 spiro atoms. The van der Waals surface area contributed by atoms with Crippen molar-refractivity contribution in [3.05, 3.63) is 12.4 Å². The third-order valence-corrected chi connectivity index (χ3v) is 6.91. The molecule has 0 aromatic rings. The van der Waals surface area contributed by atoms with Gasteiger partial charge in [0, 0.05) is 12.4 Å². The maximum atomic E-state index is 9.73. The van der Waals surface area contributed by atoms with Gasteiger partial charge in [0.1, 0.15) is 12.4 Å². The Morgan fingerprint density at radius 3 is 1.35 bits per heavy atom. The summed E-state index contributed by atoms with van der Waals surface area (Å²) in [4.78, 5) is 2.01. The molecule has 2 N–H and O–H groups in total. The molecule has 1 heterocycles. The minimum atomic E-state index is -0.397. The van der Waals surface area contributed by atoms with Crippen LogP contribution in [-0.4, -0.2) is 22.4 Å². The number of aliphatic hydroxyl groups excluding tert-OH is 1. The molecule has 0 aromatic heterocycles. The fourth-order valence-corrected chi connectivity index (χ4v) is 4.82. The third-order valence-electron chi connectivity index (χ3n) is 6.91. The molecule has 0 aromatic carbocycles. The first-order chi connectivity index (χ1) is 15.3. The second kappa shape index (κ2) is 21.2. The molecule has 0 amide bonds. The van der Waals surface area contributed by atoms with E-state index in [-0.39, 0.29) is 0 Å². The van der Waals surface area contributed by atoms with Crippen LogP contribution in [0.3, 0.4) is 0 Å². The molecule has 2 unspecified atom stereocenters. The van der Waals surface area contributed by atoms with E-state index in [1.165, 1.54) is 135 Å². The van der Waals surface area contributed by atoms with Crippen LogP contribution in [0.15, 0.2) is 12.4 Å². The lowest BCUT2D eigenvalue weighted by molar-refractivity contribution is 0.0254. The zero-order chi connectivity index (χ0) is 22.4. The van der Waals surface area contributed by atoms with E-state index in [1.807, 2.05) is 24.2 Å². The van der Waals surface area contributed by atoms with Crippen LogP contribution in [0.4, 0.5) is 0 Å². The van der Waals surface area contributed by atoms with Crippen molar-refractivity contribution in [2.24, 2.45) is 0 Å². The Morgan fingerprint density at radius 2 is 1.00 bits per heavy atom. The van der Waals surface area contributed by atoms with Crippen molar-refractivity contribution in [3.8, 4) is 0 Å². The van der Waals surface area contributed by atoms with Crippen LogP contribution in [-0.2, 0) is 0 Å². The van der Waals surface area contributed by atoms with Gasteiger partial charge < -0.3 is 15.3 Å². The van der Waals surface area contributed by atoms with Crippen LogP contribution in [0.1, 0.15) is 155 Å². The quantitative estimate of drug-likeness (QED) is 0.157. The number of hydrogen-bond donors (Lipinski definition) is 2. The fourth-order valence-electron chi connectivity index (χ4n) is 4.82. The Balaban J connectivity index is 1.69. The molecule has 0 bridgehead atoms. The zero-order valence-electron chi connectivity index (χ0n) is 21.3. The van der Waals surface area contributed by atoms with Crippen molar-refractivity contribution < 1.29 is 5.11 Å². The number of nitrogens with zero attached hydrogens (tertiary/aromatic N) is 1. The molecule has 1 aliphatic heterocycles. The van der Waals surface area contributed by atoms with Crippen LogP contribution < -0.4 is 5.32 Å². The van der Waals surface area contributed by atoms with Gasteiger partial charge in [0.15, 0.2) is 0 Å². The van der Waals surface area contributed by atoms with Gasteiger partial charge in [-0.25, -0.2) is 0 Å². The minimum Gasteiger partial charge on any atom is -0.374 e. The maximum absolute atomic E-state index is 9.73.